The molecule has 1 aromatic rings. The van der Waals surface area contributed by atoms with E-state index in [1.165, 1.54) is 19.3 Å². The highest BCUT2D eigenvalue weighted by molar-refractivity contribution is 5.94. The van der Waals surface area contributed by atoms with Crippen LogP contribution in [0.5, 0.6) is 5.75 Å². The molecule has 1 unspecified atom stereocenters. The summed E-state index contributed by atoms with van der Waals surface area (Å²) in [7, 11) is 1.88. The summed E-state index contributed by atoms with van der Waals surface area (Å²) in [6.07, 6.45) is 6.35. The Bertz CT molecular complexity index is 462. The molecule has 4 nitrogen and oxygen atoms in total. The first-order valence-corrected chi connectivity index (χ1v) is 7.91. The van der Waals surface area contributed by atoms with Crippen LogP contribution in [0.2, 0.25) is 0 Å². The molecule has 1 atom stereocenters. The van der Waals surface area contributed by atoms with Crippen LogP contribution in [-0.4, -0.2) is 31.6 Å². The number of hydrogen-bond acceptors (Lipinski definition) is 3. The molecule has 1 saturated carbocycles. The summed E-state index contributed by atoms with van der Waals surface area (Å²) in [5.41, 5.74) is 0.659. The molecule has 0 aromatic heterocycles. The highest BCUT2D eigenvalue weighted by Gasteiger charge is 2.15. The zero-order valence-corrected chi connectivity index (χ0v) is 14.2. The average molecular weight is 327 g/mol. The van der Waals surface area contributed by atoms with E-state index in [1.807, 2.05) is 38.2 Å². The summed E-state index contributed by atoms with van der Waals surface area (Å²) in [5.74, 6) is 0.752. The van der Waals surface area contributed by atoms with Crippen molar-refractivity contribution in [3.05, 3.63) is 29.8 Å². The Labute approximate surface area is 139 Å². The summed E-state index contributed by atoms with van der Waals surface area (Å²) in [6, 6.07) is 7.74. The number of benzene rings is 1. The van der Waals surface area contributed by atoms with E-state index in [9.17, 15) is 4.79 Å². The lowest BCUT2D eigenvalue weighted by Crippen LogP contribution is -2.37. The Balaban J connectivity index is 0.00000242. The minimum atomic E-state index is -0.0498. The standard InChI is InChI=1S/C17H26N2O2.ClH/c1-13(18-2)12-19-17(20)14-7-6-10-16(11-14)21-15-8-4-3-5-9-15;/h6-7,10-11,13,15,18H,3-5,8-9,12H2,1-2H3,(H,19,20);1H. The van der Waals surface area contributed by atoms with Crippen LogP contribution in [0.25, 0.3) is 0 Å². The second-order valence-electron chi connectivity index (χ2n) is 5.81. The van der Waals surface area contributed by atoms with Crippen LogP contribution in [0.1, 0.15) is 49.4 Å². The number of ether oxygens (including phenoxy) is 1. The molecule has 2 N–H and O–H groups in total. The topological polar surface area (TPSA) is 50.4 Å². The van der Waals surface area contributed by atoms with E-state index in [0.29, 0.717) is 18.2 Å². The second kappa shape index (κ2) is 9.70. The third kappa shape index (κ3) is 5.85. The molecule has 22 heavy (non-hydrogen) atoms. The summed E-state index contributed by atoms with van der Waals surface area (Å²) in [5, 5.41) is 6.02. The summed E-state index contributed by atoms with van der Waals surface area (Å²) in [4.78, 5) is 12.1. The van der Waals surface area contributed by atoms with Gasteiger partial charge in [0, 0.05) is 18.2 Å². The van der Waals surface area contributed by atoms with Crippen LogP contribution in [0, 0.1) is 0 Å². The molecule has 0 saturated heterocycles. The van der Waals surface area contributed by atoms with Crippen LogP contribution in [0.15, 0.2) is 24.3 Å². The van der Waals surface area contributed by atoms with Gasteiger partial charge in [-0.1, -0.05) is 12.5 Å². The molecule has 0 radical (unpaired) electrons. The molecule has 0 aliphatic heterocycles. The van der Waals surface area contributed by atoms with Crippen LogP contribution >= 0.6 is 12.4 Å². The van der Waals surface area contributed by atoms with Gasteiger partial charge in [0.05, 0.1) is 6.10 Å². The molecule has 1 aliphatic carbocycles. The maximum absolute atomic E-state index is 12.1. The van der Waals surface area contributed by atoms with E-state index < -0.39 is 0 Å². The lowest BCUT2D eigenvalue weighted by atomic mass is 9.98. The van der Waals surface area contributed by atoms with Crippen molar-refractivity contribution in [3.8, 4) is 5.75 Å². The highest BCUT2D eigenvalue weighted by Crippen LogP contribution is 2.23. The number of amides is 1. The molecular weight excluding hydrogens is 300 g/mol. The van der Waals surface area contributed by atoms with Crippen molar-refractivity contribution in [1.82, 2.24) is 10.6 Å². The van der Waals surface area contributed by atoms with E-state index >= 15 is 0 Å². The maximum Gasteiger partial charge on any atom is 0.251 e. The van der Waals surface area contributed by atoms with Gasteiger partial charge in [-0.05, 0) is 57.9 Å². The Morgan fingerprint density at radius 3 is 2.73 bits per heavy atom. The van der Waals surface area contributed by atoms with Gasteiger partial charge in [0.15, 0.2) is 0 Å². The van der Waals surface area contributed by atoms with E-state index in [4.69, 9.17) is 4.74 Å². The fourth-order valence-electron chi connectivity index (χ4n) is 2.54. The van der Waals surface area contributed by atoms with Gasteiger partial charge in [0.2, 0.25) is 0 Å². The Hall–Kier alpha value is -1.26. The lowest BCUT2D eigenvalue weighted by molar-refractivity contribution is 0.0949. The summed E-state index contributed by atoms with van der Waals surface area (Å²) >= 11 is 0. The van der Waals surface area contributed by atoms with Crippen LogP contribution in [0.4, 0.5) is 0 Å². The minimum Gasteiger partial charge on any atom is -0.490 e. The van der Waals surface area contributed by atoms with Gasteiger partial charge >= 0.3 is 0 Å². The molecule has 2 rings (SSSR count). The number of nitrogens with one attached hydrogen (secondary N) is 2. The lowest BCUT2D eigenvalue weighted by Gasteiger charge is -2.23. The first-order chi connectivity index (χ1) is 10.2. The number of likely N-dealkylation sites (N-methyl/N-ethyl adjacent to an activating group) is 1. The van der Waals surface area contributed by atoms with Gasteiger partial charge in [-0.15, -0.1) is 12.4 Å². The highest BCUT2D eigenvalue weighted by atomic mass is 35.5. The second-order valence-corrected chi connectivity index (χ2v) is 5.81. The van der Waals surface area contributed by atoms with Gasteiger partial charge in [-0.25, -0.2) is 0 Å². The largest absolute Gasteiger partial charge is 0.490 e. The molecule has 1 fully saturated rings. The Morgan fingerprint density at radius 2 is 2.05 bits per heavy atom. The first-order valence-electron chi connectivity index (χ1n) is 7.91. The molecule has 1 aliphatic rings. The van der Waals surface area contributed by atoms with Crippen LogP contribution < -0.4 is 15.4 Å². The molecular formula is C17H27ClN2O2. The van der Waals surface area contributed by atoms with E-state index in [-0.39, 0.29) is 24.4 Å². The van der Waals surface area contributed by atoms with Gasteiger partial charge in [-0.3, -0.25) is 4.79 Å². The number of carbonyl (C=O) groups excluding carboxylic acids is 1. The molecule has 0 spiro atoms. The summed E-state index contributed by atoms with van der Waals surface area (Å²) in [6.45, 7) is 2.64. The van der Waals surface area contributed by atoms with E-state index in [0.717, 1.165) is 18.6 Å². The molecule has 124 valence electrons. The summed E-state index contributed by atoms with van der Waals surface area (Å²) < 4.78 is 6.00. The fourth-order valence-corrected chi connectivity index (χ4v) is 2.54. The predicted molar refractivity (Wildman–Crippen MR) is 92.0 cm³/mol. The normalized spacial score (nSPS) is 16.5. The number of carbonyl (C=O) groups is 1. The van der Waals surface area contributed by atoms with Crippen molar-refractivity contribution in [2.75, 3.05) is 13.6 Å². The van der Waals surface area contributed by atoms with Gasteiger partial charge in [0.1, 0.15) is 5.75 Å². The molecule has 1 aromatic carbocycles. The predicted octanol–water partition coefficient (Wildman–Crippen LogP) is 3.16. The molecule has 0 bridgehead atoms. The molecule has 1 amide bonds. The average Bonchev–Trinajstić information content (AvgIpc) is 2.53. The van der Waals surface area contributed by atoms with Gasteiger partial charge in [0.25, 0.3) is 5.91 Å². The number of hydrogen-bond donors (Lipinski definition) is 2. The van der Waals surface area contributed by atoms with Gasteiger partial charge < -0.3 is 15.4 Å². The number of rotatable bonds is 6. The van der Waals surface area contributed by atoms with Crippen molar-refractivity contribution in [2.24, 2.45) is 0 Å². The Kier molecular flexibility index (Phi) is 8.28. The maximum atomic E-state index is 12.1. The van der Waals surface area contributed by atoms with Crippen molar-refractivity contribution >= 4 is 18.3 Å². The van der Waals surface area contributed by atoms with Gasteiger partial charge in [-0.2, -0.15) is 0 Å². The number of halogens is 1. The third-order valence-electron chi connectivity index (χ3n) is 4.01. The minimum absolute atomic E-state index is 0. The quantitative estimate of drug-likeness (QED) is 0.844. The monoisotopic (exact) mass is 326 g/mol. The van der Waals surface area contributed by atoms with Crippen molar-refractivity contribution in [1.29, 1.82) is 0 Å². The fraction of sp³-hybridized carbons (Fsp3) is 0.588. The van der Waals surface area contributed by atoms with Crippen molar-refractivity contribution in [2.45, 2.75) is 51.2 Å². The zero-order valence-electron chi connectivity index (χ0n) is 13.4. The molecule has 0 heterocycles. The Morgan fingerprint density at radius 1 is 1.32 bits per heavy atom. The third-order valence-corrected chi connectivity index (χ3v) is 4.01. The molecule has 5 heteroatoms. The van der Waals surface area contributed by atoms with Crippen molar-refractivity contribution < 1.29 is 9.53 Å². The van der Waals surface area contributed by atoms with Crippen LogP contribution in [0.3, 0.4) is 0 Å². The smallest absolute Gasteiger partial charge is 0.251 e. The zero-order chi connectivity index (χ0) is 15.1. The van der Waals surface area contributed by atoms with Crippen LogP contribution in [-0.2, 0) is 0 Å². The SMILES string of the molecule is CNC(C)CNC(=O)c1cccc(OC2CCCCC2)c1.Cl. The van der Waals surface area contributed by atoms with E-state index in [1.54, 1.807) is 0 Å². The van der Waals surface area contributed by atoms with Crippen molar-refractivity contribution in [3.63, 3.8) is 0 Å². The first kappa shape index (κ1) is 18.8. The van der Waals surface area contributed by atoms with E-state index in [2.05, 4.69) is 10.6 Å².